The second kappa shape index (κ2) is 47.5. The molecule has 6 nitrogen and oxygen atoms in total. The highest BCUT2D eigenvalue weighted by Crippen LogP contribution is 2.16. The van der Waals surface area contributed by atoms with Crippen LogP contribution in [0.4, 0.5) is 0 Å². The van der Waals surface area contributed by atoms with Crippen LogP contribution in [0.25, 0.3) is 0 Å². The Balaban J connectivity index is 4.06. The Bertz CT molecular complexity index is 641. The third-order valence-corrected chi connectivity index (χ3v) is 11.2. The van der Waals surface area contributed by atoms with Gasteiger partial charge in [0.1, 0.15) is 0 Å². The topological polar surface area (TPSA) is 82.4 Å². The minimum Gasteiger partial charge on any atom is -0.342 e. The molecule has 0 saturated heterocycles. The predicted molar refractivity (Wildman–Crippen MR) is 237 cm³/mol. The first-order valence-electron chi connectivity index (χ1n) is 24.4. The Hall–Kier alpha value is -0.690. The van der Waals surface area contributed by atoms with Gasteiger partial charge < -0.3 is 26.6 Å². The summed E-state index contributed by atoms with van der Waals surface area (Å²) in [5.74, 6) is 0.301. The van der Waals surface area contributed by atoms with Gasteiger partial charge in [-0.2, -0.15) is 0 Å². The fraction of sp³-hybridized carbons (Fsp3) is 0.979. The lowest BCUT2D eigenvalue weighted by molar-refractivity contribution is -0.130. The summed E-state index contributed by atoms with van der Waals surface area (Å²) in [6.07, 6.45) is 47.9. The molecule has 1 amide bonds. The summed E-state index contributed by atoms with van der Waals surface area (Å²) in [5, 5.41) is 10.4. The molecular formula is C47H99N5O. The smallest absolute Gasteiger partial charge is 0.236 e. The van der Waals surface area contributed by atoms with Crippen molar-refractivity contribution in [1.29, 1.82) is 0 Å². The minimum absolute atomic E-state index is 0.301. The number of carbonyl (C=O) groups excluding carboxylic acids is 1. The largest absolute Gasteiger partial charge is 0.342 e. The van der Waals surface area contributed by atoms with Gasteiger partial charge >= 0.3 is 0 Å². The van der Waals surface area contributed by atoms with E-state index < -0.39 is 0 Å². The molecule has 0 fully saturated rings. The predicted octanol–water partition coefficient (Wildman–Crippen LogP) is 12.2. The molecule has 0 unspecified atom stereocenters. The normalized spacial score (nSPS) is 11.5. The first-order valence-corrected chi connectivity index (χ1v) is 24.4. The van der Waals surface area contributed by atoms with Crippen molar-refractivity contribution in [2.75, 3.05) is 58.9 Å². The molecule has 0 saturated carbocycles. The van der Waals surface area contributed by atoms with Crippen molar-refractivity contribution in [3.63, 3.8) is 0 Å². The highest BCUT2D eigenvalue weighted by Gasteiger charge is 2.12. The Morgan fingerprint density at radius 1 is 0.358 bits per heavy atom. The summed E-state index contributed by atoms with van der Waals surface area (Å²) in [6, 6.07) is 0. The first kappa shape index (κ1) is 52.3. The van der Waals surface area contributed by atoms with Crippen LogP contribution in [0.5, 0.6) is 0 Å². The lowest BCUT2D eigenvalue weighted by atomic mass is 10.0. The monoisotopic (exact) mass is 750 g/mol. The van der Waals surface area contributed by atoms with Gasteiger partial charge in [0.25, 0.3) is 0 Å². The number of rotatable bonds is 47. The van der Waals surface area contributed by atoms with Crippen molar-refractivity contribution in [1.82, 2.24) is 20.9 Å². The first-order chi connectivity index (χ1) is 26.3. The second-order valence-corrected chi connectivity index (χ2v) is 16.5. The average Bonchev–Trinajstić information content (AvgIpc) is 3.17. The molecule has 0 aromatic carbocycles. The van der Waals surface area contributed by atoms with E-state index in [1.165, 1.54) is 205 Å². The molecule has 0 spiro atoms. The zero-order valence-corrected chi connectivity index (χ0v) is 36.5. The molecule has 6 heteroatoms. The fourth-order valence-electron chi connectivity index (χ4n) is 7.52. The number of carbonyl (C=O) groups is 1. The SMILES string of the molecule is CCCCCCCCCCCCCCCCCCN(CCCCCCCCCCCCCCCCCC)C(=O)CNCCNCCCCNCCCN. The van der Waals surface area contributed by atoms with E-state index in [9.17, 15) is 4.79 Å². The maximum absolute atomic E-state index is 13.2. The van der Waals surface area contributed by atoms with Crippen molar-refractivity contribution >= 4 is 5.91 Å². The second-order valence-electron chi connectivity index (χ2n) is 16.5. The fourth-order valence-corrected chi connectivity index (χ4v) is 7.52. The van der Waals surface area contributed by atoms with E-state index in [2.05, 4.69) is 34.7 Å². The quantitative estimate of drug-likeness (QED) is 0.0466. The summed E-state index contributed by atoms with van der Waals surface area (Å²) in [6.45, 7) is 12.6. The number of unbranched alkanes of at least 4 members (excludes halogenated alkanes) is 31. The van der Waals surface area contributed by atoms with Crippen LogP contribution < -0.4 is 21.7 Å². The average molecular weight is 750 g/mol. The van der Waals surface area contributed by atoms with E-state index in [4.69, 9.17) is 5.73 Å². The highest BCUT2D eigenvalue weighted by molar-refractivity contribution is 5.78. The van der Waals surface area contributed by atoms with Crippen LogP contribution in [0.15, 0.2) is 0 Å². The van der Waals surface area contributed by atoms with E-state index in [-0.39, 0.29) is 0 Å². The molecule has 0 heterocycles. The number of nitrogens with two attached hydrogens (primary N) is 1. The van der Waals surface area contributed by atoms with Gasteiger partial charge in [-0.25, -0.2) is 0 Å². The van der Waals surface area contributed by atoms with Crippen LogP contribution in [0.3, 0.4) is 0 Å². The molecule has 318 valence electrons. The van der Waals surface area contributed by atoms with Crippen LogP contribution in [-0.2, 0) is 4.79 Å². The number of hydrogen-bond acceptors (Lipinski definition) is 5. The zero-order valence-electron chi connectivity index (χ0n) is 36.5. The van der Waals surface area contributed by atoms with E-state index in [0.29, 0.717) is 12.5 Å². The lowest BCUT2D eigenvalue weighted by Crippen LogP contribution is -2.41. The van der Waals surface area contributed by atoms with Crippen LogP contribution in [0, 0.1) is 0 Å². The van der Waals surface area contributed by atoms with E-state index in [1.54, 1.807) is 0 Å². The van der Waals surface area contributed by atoms with Gasteiger partial charge in [-0.1, -0.05) is 206 Å². The summed E-state index contributed by atoms with van der Waals surface area (Å²) in [4.78, 5) is 15.4. The molecule has 0 aromatic rings. The standard InChI is InChI=1S/C47H99N5O/c1-3-5-7-9-11-13-15-17-19-21-23-25-27-29-31-35-44-52(47(53)46-51-43-42-50-40-34-33-39-49-41-37-38-48)45-36-32-30-28-26-24-22-20-18-16-14-12-10-8-6-4-2/h49-51H,3-46,48H2,1-2H3. The van der Waals surface area contributed by atoms with Crippen molar-refractivity contribution in [3.05, 3.63) is 0 Å². The Kier molecular flexibility index (Phi) is 46.8. The molecule has 0 atom stereocenters. The van der Waals surface area contributed by atoms with Crippen molar-refractivity contribution in [2.24, 2.45) is 5.73 Å². The molecule has 0 aliphatic heterocycles. The molecule has 0 radical (unpaired) electrons. The molecule has 0 aliphatic rings. The molecule has 5 N–H and O–H groups in total. The van der Waals surface area contributed by atoms with Crippen LogP contribution in [-0.4, -0.2) is 69.7 Å². The van der Waals surface area contributed by atoms with Crippen molar-refractivity contribution in [2.45, 2.75) is 239 Å². The molecular weight excluding hydrogens is 651 g/mol. The Morgan fingerprint density at radius 2 is 0.642 bits per heavy atom. The van der Waals surface area contributed by atoms with Gasteiger partial charge in [-0.3, -0.25) is 4.79 Å². The van der Waals surface area contributed by atoms with Gasteiger partial charge in [0, 0.05) is 26.2 Å². The maximum Gasteiger partial charge on any atom is 0.236 e. The van der Waals surface area contributed by atoms with Crippen molar-refractivity contribution < 1.29 is 4.79 Å². The molecule has 0 bridgehead atoms. The summed E-state index contributed by atoms with van der Waals surface area (Å²) in [7, 11) is 0. The van der Waals surface area contributed by atoms with Crippen LogP contribution >= 0.6 is 0 Å². The Labute approximate surface area is 333 Å². The third-order valence-electron chi connectivity index (χ3n) is 11.2. The zero-order chi connectivity index (χ0) is 38.4. The van der Waals surface area contributed by atoms with Gasteiger partial charge in [0.2, 0.25) is 5.91 Å². The van der Waals surface area contributed by atoms with E-state index >= 15 is 0 Å². The minimum atomic E-state index is 0.301. The van der Waals surface area contributed by atoms with Crippen LogP contribution in [0.2, 0.25) is 0 Å². The summed E-state index contributed by atoms with van der Waals surface area (Å²) >= 11 is 0. The number of amides is 1. The maximum atomic E-state index is 13.2. The third kappa shape index (κ3) is 43.9. The molecule has 0 aromatic heterocycles. The lowest BCUT2D eigenvalue weighted by Gasteiger charge is -2.23. The van der Waals surface area contributed by atoms with Gasteiger partial charge in [0.05, 0.1) is 6.54 Å². The number of nitrogens with zero attached hydrogens (tertiary/aromatic N) is 1. The van der Waals surface area contributed by atoms with E-state index in [1.807, 2.05) is 0 Å². The molecule has 53 heavy (non-hydrogen) atoms. The van der Waals surface area contributed by atoms with Crippen molar-refractivity contribution in [3.8, 4) is 0 Å². The van der Waals surface area contributed by atoms with E-state index in [0.717, 1.165) is 71.6 Å². The van der Waals surface area contributed by atoms with Gasteiger partial charge in [-0.05, 0) is 58.3 Å². The van der Waals surface area contributed by atoms with Gasteiger partial charge in [-0.15, -0.1) is 0 Å². The van der Waals surface area contributed by atoms with Gasteiger partial charge in [0.15, 0.2) is 0 Å². The number of nitrogens with one attached hydrogen (secondary N) is 3. The molecule has 0 aliphatic carbocycles. The highest BCUT2D eigenvalue weighted by atomic mass is 16.2. The summed E-state index contributed by atoms with van der Waals surface area (Å²) < 4.78 is 0. The molecule has 0 rings (SSSR count). The summed E-state index contributed by atoms with van der Waals surface area (Å²) in [5.41, 5.74) is 5.55. The van der Waals surface area contributed by atoms with Crippen LogP contribution in [0.1, 0.15) is 239 Å². The number of hydrogen-bond donors (Lipinski definition) is 4. The Morgan fingerprint density at radius 3 is 0.981 bits per heavy atom.